The van der Waals surface area contributed by atoms with E-state index in [1.807, 2.05) is 12.1 Å². The molecule has 2 fully saturated rings. The Morgan fingerprint density at radius 3 is 2.26 bits per heavy atom. The van der Waals surface area contributed by atoms with E-state index in [4.69, 9.17) is 0 Å². The first-order valence-electron chi connectivity index (χ1n) is 7.32. The first-order chi connectivity index (χ1) is 9.25. The maximum absolute atomic E-state index is 11.6. The SMILES string of the molecule is O=C(O)C(c1ccc(C2CC2)cc1)N1CCCCC1. The second kappa shape index (κ2) is 5.33. The Kier molecular flexibility index (Phi) is 3.56. The zero-order valence-electron chi connectivity index (χ0n) is 11.2. The van der Waals surface area contributed by atoms with Crippen molar-refractivity contribution in [1.29, 1.82) is 0 Å². The van der Waals surface area contributed by atoms with Crippen LogP contribution < -0.4 is 0 Å². The zero-order valence-corrected chi connectivity index (χ0v) is 11.2. The Balaban J connectivity index is 1.79. The average molecular weight is 259 g/mol. The summed E-state index contributed by atoms with van der Waals surface area (Å²) in [6.45, 7) is 1.81. The average Bonchev–Trinajstić information content (AvgIpc) is 3.25. The predicted octanol–water partition coefficient (Wildman–Crippen LogP) is 3.18. The molecule has 19 heavy (non-hydrogen) atoms. The molecule has 3 nitrogen and oxygen atoms in total. The highest BCUT2D eigenvalue weighted by Gasteiger charge is 2.29. The van der Waals surface area contributed by atoms with Gasteiger partial charge >= 0.3 is 5.97 Å². The summed E-state index contributed by atoms with van der Waals surface area (Å²) < 4.78 is 0. The molecule has 1 N–H and O–H groups in total. The van der Waals surface area contributed by atoms with Crippen molar-refractivity contribution in [3.8, 4) is 0 Å². The van der Waals surface area contributed by atoms with Crippen molar-refractivity contribution >= 4 is 5.97 Å². The number of rotatable bonds is 4. The largest absolute Gasteiger partial charge is 0.480 e. The van der Waals surface area contributed by atoms with Crippen LogP contribution in [-0.4, -0.2) is 29.1 Å². The molecule has 1 aromatic carbocycles. The highest BCUT2D eigenvalue weighted by Crippen LogP contribution is 2.40. The molecule has 1 saturated carbocycles. The Morgan fingerprint density at radius 1 is 1.11 bits per heavy atom. The van der Waals surface area contributed by atoms with Gasteiger partial charge in [0.2, 0.25) is 0 Å². The fraction of sp³-hybridized carbons (Fsp3) is 0.562. The number of piperidine rings is 1. The Bertz CT molecular complexity index is 444. The fourth-order valence-corrected chi connectivity index (χ4v) is 3.05. The van der Waals surface area contributed by atoms with Gasteiger partial charge in [-0.3, -0.25) is 9.69 Å². The van der Waals surface area contributed by atoms with Gasteiger partial charge < -0.3 is 5.11 Å². The molecule has 1 aromatic rings. The van der Waals surface area contributed by atoms with Crippen LogP contribution in [0.2, 0.25) is 0 Å². The quantitative estimate of drug-likeness (QED) is 0.902. The third-order valence-corrected chi connectivity index (χ3v) is 4.29. The van der Waals surface area contributed by atoms with E-state index < -0.39 is 12.0 Å². The number of hydrogen-bond donors (Lipinski definition) is 1. The summed E-state index contributed by atoms with van der Waals surface area (Å²) in [5.74, 6) is 0.00777. The van der Waals surface area contributed by atoms with Crippen LogP contribution >= 0.6 is 0 Å². The number of carboxylic acid groups (broad SMARTS) is 1. The van der Waals surface area contributed by atoms with Crippen molar-refractivity contribution in [2.24, 2.45) is 0 Å². The molecule has 1 heterocycles. The van der Waals surface area contributed by atoms with E-state index in [1.165, 1.54) is 24.8 Å². The van der Waals surface area contributed by atoms with Crippen molar-refractivity contribution in [3.05, 3.63) is 35.4 Å². The van der Waals surface area contributed by atoms with E-state index in [1.54, 1.807) is 0 Å². The van der Waals surface area contributed by atoms with Crippen LogP contribution in [0, 0.1) is 0 Å². The smallest absolute Gasteiger partial charge is 0.325 e. The molecule has 3 rings (SSSR count). The number of likely N-dealkylation sites (tertiary alicyclic amines) is 1. The number of aliphatic carboxylic acids is 1. The molecule has 102 valence electrons. The molecule has 1 unspecified atom stereocenters. The molecular weight excluding hydrogens is 238 g/mol. The molecule has 2 aliphatic rings. The van der Waals surface area contributed by atoms with Gasteiger partial charge in [-0.25, -0.2) is 0 Å². The molecule has 0 spiro atoms. The van der Waals surface area contributed by atoms with Crippen molar-refractivity contribution in [2.75, 3.05) is 13.1 Å². The maximum atomic E-state index is 11.6. The molecule has 1 saturated heterocycles. The van der Waals surface area contributed by atoms with Crippen LogP contribution in [0.15, 0.2) is 24.3 Å². The van der Waals surface area contributed by atoms with E-state index >= 15 is 0 Å². The first kappa shape index (κ1) is 12.7. The summed E-state index contributed by atoms with van der Waals surface area (Å²) in [7, 11) is 0. The summed E-state index contributed by atoms with van der Waals surface area (Å²) >= 11 is 0. The highest BCUT2D eigenvalue weighted by atomic mass is 16.4. The topological polar surface area (TPSA) is 40.5 Å². The van der Waals surface area contributed by atoms with Gasteiger partial charge in [0.25, 0.3) is 0 Å². The van der Waals surface area contributed by atoms with Crippen LogP contribution in [0.25, 0.3) is 0 Å². The summed E-state index contributed by atoms with van der Waals surface area (Å²) in [6.07, 6.45) is 6.03. The maximum Gasteiger partial charge on any atom is 0.325 e. The lowest BCUT2D eigenvalue weighted by Crippen LogP contribution is -2.37. The third-order valence-electron chi connectivity index (χ3n) is 4.29. The van der Waals surface area contributed by atoms with E-state index in [2.05, 4.69) is 17.0 Å². The van der Waals surface area contributed by atoms with Gasteiger partial charge in [-0.05, 0) is 55.8 Å². The molecule has 1 aliphatic carbocycles. The Hall–Kier alpha value is -1.35. The monoisotopic (exact) mass is 259 g/mol. The van der Waals surface area contributed by atoms with Crippen LogP contribution in [0.3, 0.4) is 0 Å². The van der Waals surface area contributed by atoms with E-state index in [9.17, 15) is 9.90 Å². The first-order valence-corrected chi connectivity index (χ1v) is 7.32. The second-order valence-electron chi connectivity index (χ2n) is 5.78. The number of carbonyl (C=O) groups is 1. The molecule has 0 amide bonds. The van der Waals surface area contributed by atoms with Crippen LogP contribution in [0.4, 0.5) is 0 Å². The summed E-state index contributed by atoms with van der Waals surface area (Å²) in [4.78, 5) is 13.7. The molecule has 1 aliphatic heterocycles. The molecule has 0 bridgehead atoms. The van der Waals surface area contributed by atoms with Gasteiger partial charge in [-0.15, -0.1) is 0 Å². The standard InChI is InChI=1S/C16H21NO2/c18-16(19)15(17-10-2-1-3-11-17)14-8-6-13(7-9-14)12-4-5-12/h6-9,12,15H,1-5,10-11H2,(H,18,19). The summed E-state index contributed by atoms with van der Waals surface area (Å²) in [6, 6.07) is 7.80. The van der Waals surface area contributed by atoms with Gasteiger partial charge in [0.05, 0.1) is 0 Å². The Labute approximate surface area is 114 Å². The van der Waals surface area contributed by atoms with Gasteiger partial charge in [-0.1, -0.05) is 30.7 Å². The van der Waals surface area contributed by atoms with Crippen LogP contribution in [0.5, 0.6) is 0 Å². The second-order valence-corrected chi connectivity index (χ2v) is 5.78. The minimum atomic E-state index is -0.721. The lowest BCUT2D eigenvalue weighted by Gasteiger charge is -2.32. The molecule has 0 aromatic heterocycles. The minimum Gasteiger partial charge on any atom is -0.480 e. The van der Waals surface area contributed by atoms with E-state index in [-0.39, 0.29) is 0 Å². The van der Waals surface area contributed by atoms with Crippen molar-refractivity contribution in [2.45, 2.75) is 44.1 Å². The van der Waals surface area contributed by atoms with Crippen LogP contribution in [0.1, 0.15) is 55.2 Å². The number of benzene rings is 1. The third kappa shape index (κ3) is 2.81. The Morgan fingerprint density at radius 2 is 1.74 bits per heavy atom. The highest BCUT2D eigenvalue weighted by molar-refractivity contribution is 5.75. The van der Waals surface area contributed by atoms with Crippen molar-refractivity contribution in [1.82, 2.24) is 4.90 Å². The van der Waals surface area contributed by atoms with Crippen LogP contribution in [-0.2, 0) is 4.79 Å². The van der Waals surface area contributed by atoms with E-state index in [0.29, 0.717) is 0 Å². The lowest BCUT2D eigenvalue weighted by atomic mass is 9.99. The van der Waals surface area contributed by atoms with Gasteiger partial charge in [0.1, 0.15) is 6.04 Å². The van der Waals surface area contributed by atoms with Gasteiger partial charge in [-0.2, -0.15) is 0 Å². The number of hydrogen-bond acceptors (Lipinski definition) is 2. The van der Waals surface area contributed by atoms with Gasteiger partial charge in [0, 0.05) is 0 Å². The minimum absolute atomic E-state index is 0.464. The number of nitrogens with zero attached hydrogens (tertiary/aromatic N) is 1. The molecule has 1 atom stereocenters. The van der Waals surface area contributed by atoms with E-state index in [0.717, 1.165) is 37.4 Å². The zero-order chi connectivity index (χ0) is 13.2. The molecule has 3 heteroatoms. The molecular formula is C16H21NO2. The fourth-order valence-electron chi connectivity index (χ4n) is 3.05. The predicted molar refractivity (Wildman–Crippen MR) is 74.2 cm³/mol. The summed E-state index contributed by atoms with van der Waals surface area (Å²) in [5, 5.41) is 9.53. The number of carboxylic acids is 1. The lowest BCUT2D eigenvalue weighted by molar-refractivity contribution is -0.144. The molecule has 0 radical (unpaired) electrons. The summed E-state index contributed by atoms with van der Waals surface area (Å²) in [5.41, 5.74) is 2.30. The van der Waals surface area contributed by atoms with Gasteiger partial charge in [0.15, 0.2) is 0 Å². The normalized spacial score (nSPS) is 22.1. The van der Waals surface area contributed by atoms with Crippen molar-refractivity contribution in [3.63, 3.8) is 0 Å². The van der Waals surface area contributed by atoms with Crippen molar-refractivity contribution < 1.29 is 9.90 Å².